The van der Waals surface area contributed by atoms with Crippen molar-refractivity contribution in [3.8, 4) is 0 Å². The van der Waals surface area contributed by atoms with Crippen molar-refractivity contribution in [2.75, 3.05) is 7.11 Å². The molecule has 1 fully saturated rings. The zero-order chi connectivity index (χ0) is 11.7. The summed E-state index contributed by atoms with van der Waals surface area (Å²) < 4.78 is 5.49. The Kier molecular flexibility index (Phi) is 3.02. The Morgan fingerprint density at radius 3 is 2.59 bits per heavy atom. The molecule has 0 aliphatic heterocycles. The van der Waals surface area contributed by atoms with E-state index >= 15 is 0 Å². The first-order chi connectivity index (χ1) is 8.40. The largest absolute Gasteiger partial charge is 0.373 e. The van der Waals surface area contributed by atoms with Crippen LogP contribution in [0, 0.1) is 0 Å². The Labute approximate surface area is 103 Å². The Bertz CT molecular complexity index is 427. The monoisotopic (exact) mass is 228 g/mol. The lowest BCUT2D eigenvalue weighted by Gasteiger charge is -2.24. The van der Waals surface area contributed by atoms with E-state index < -0.39 is 0 Å². The number of hydrogen-bond acceptors (Lipinski definition) is 1. The molecule has 3 rings (SSSR count). The minimum Gasteiger partial charge on any atom is -0.373 e. The van der Waals surface area contributed by atoms with Gasteiger partial charge in [0.2, 0.25) is 0 Å². The topological polar surface area (TPSA) is 9.23 Å². The molecule has 2 aliphatic rings. The third-order valence-corrected chi connectivity index (χ3v) is 4.22. The maximum Gasteiger partial charge on any atom is 0.101 e. The van der Waals surface area contributed by atoms with Crippen LogP contribution in [0.2, 0.25) is 0 Å². The molecular formula is C16H20O. The quantitative estimate of drug-likeness (QED) is 0.726. The number of benzene rings is 1. The molecule has 0 amide bonds. The Morgan fingerprint density at radius 1 is 1.06 bits per heavy atom. The fourth-order valence-corrected chi connectivity index (χ4v) is 3.30. The van der Waals surface area contributed by atoms with Gasteiger partial charge in [0.1, 0.15) is 6.10 Å². The second kappa shape index (κ2) is 4.66. The van der Waals surface area contributed by atoms with Gasteiger partial charge >= 0.3 is 0 Å². The first-order valence-electron chi connectivity index (χ1n) is 6.74. The van der Waals surface area contributed by atoms with Gasteiger partial charge in [-0.25, -0.2) is 0 Å². The van der Waals surface area contributed by atoms with Gasteiger partial charge in [-0.05, 0) is 35.4 Å². The van der Waals surface area contributed by atoms with Crippen LogP contribution in [-0.4, -0.2) is 7.11 Å². The third-order valence-electron chi connectivity index (χ3n) is 4.22. The van der Waals surface area contributed by atoms with Crippen molar-refractivity contribution in [3.05, 3.63) is 41.0 Å². The molecule has 1 aromatic carbocycles. The molecule has 1 saturated carbocycles. The molecule has 0 N–H and O–H groups in total. The van der Waals surface area contributed by atoms with Gasteiger partial charge < -0.3 is 4.74 Å². The van der Waals surface area contributed by atoms with Gasteiger partial charge in [-0.2, -0.15) is 0 Å². The van der Waals surface area contributed by atoms with Crippen LogP contribution in [0.3, 0.4) is 0 Å². The van der Waals surface area contributed by atoms with Crippen molar-refractivity contribution < 1.29 is 4.74 Å². The number of ether oxygens (including phenoxy) is 1. The van der Waals surface area contributed by atoms with E-state index in [0.717, 1.165) is 5.92 Å². The number of methoxy groups -OCH3 is 1. The third kappa shape index (κ3) is 1.93. The highest BCUT2D eigenvalue weighted by atomic mass is 16.5. The summed E-state index contributed by atoms with van der Waals surface area (Å²) in [6.45, 7) is 0. The van der Waals surface area contributed by atoms with Crippen molar-refractivity contribution in [1.29, 1.82) is 0 Å². The summed E-state index contributed by atoms with van der Waals surface area (Å²) in [4.78, 5) is 0. The Balaban J connectivity index is 1.96. The average molecular weight is 228 g/mol. The molecule has 1 heteroatoms. The van der Waals surface area contributed by atoms with Crippen LogP contribution in [0.25, 0.3) is 6.08 Å². The smallest absolute Gasteiger partial charge is 0.101 e. The van der Waals surface area contributed by atoms with Crippen molar-refractivity contribution >= 4 is 6.08 Å². The lowest BCUT2D eigenvalue weighted by molar-refractivity contribution is 0.145. The Hall–Kier alpha value is -1.08. The van der Waals surface area contributed by atoms with E-state index in [9.17, 15) is 0 Å². The lowest BCUT2D eigenvalue weighted by Crippen LogP contribution is -2.07. The summed E-state index contributed by atoms with van der Waals surface area (Å²) in [6, 6.07) is 6.72. The normalized spacial score (nSPS) is 23.9. The van der Waals surface area contributed by atoms with Gasteiger partial charge in [0.05, 0.1) is 0 Å². The highest BCUT2D eigenvalue weighted by molar-refractivity contribution is 5.65. The summed E-state index contributed by atoms with van der Waals surface area (Å²) in [6.07, 6.45) is 11.5. The van der Waals surface area contributed by atoms with Crippen LogP contribution < -0.4 is 0 Å². The van der Waals surface area contributed by atoms with E-state index in [2.05, 4.69) is 30.4 Å². The standard InChI is InChI=1S/C16H20O/c1-17-16-11-10-14-13(8-5-9-15(14)16)12-6-3-2-4-7-12/h5,8-12,16H,2-4,6-7H2,1H3. The second-order valence-electron chi connectivity index (χ2n) is 5.20. The molecular weight excluding hydrogens is 208 g/mol. The minimum atomic E-state index is 0.175. The minimum absolute atomic E-state index is 0.175. The van der Waals surface area contributed by atoms with Crippen molar-refractivity contribution in [2.45, 2.75) is 44.1 Å². The predicted molar refractivity (Wildman–Crippen MR) is 71.1 cm³/mol. The Morgan fingerprint density at radius 2 is 1.82 bits per heavy atom. The molecule has 0 saturated heterocycles. The van der Waals surface area contributed by atoms with Gasteiger partial charge in [-0.3, -0.25) is 0 Å². The van der Waals surface area contributed by atoms with Gasteiger partial charge in [-0.1, -0.05) is 49.6 Å². The van der Waals surface area contributed by atoms with Gasteiger partial charge in [0.25, 0.3) is 0 Å². The molecule has 2 aliphatic carbocycles. The van der Waals surface area contributed by atoms with Gasteiger partial charge in [0.15, 0.2) is 0 Å². The average Bonchev–Trinajstić information content (AvgIpc) is 2.82. The van der Waals surface area contributed by atoms with Gasteiger partial charge in [0, 0.05) is 7.11 Å². The lowest BCUT2D eigenvalue weighted by atomic mass is 9.81. The molecule has 0 radical (unpaired) electrons. The molecule has 17 heavy (non-hydrogen) atoms. The summed E-state index contributed by atoms with van der Waals surface area (Å²) in [7, 11) is 1.79. The molecule has 0 spiro atoms. The van der Waals surface area contributed by atoms with Crippen LogP contribution in [0.15, 0.2) is 24.3 Å². The maximum atomic E-state index is 5.49. The molecule has 0 bridgehead atoms. The SMILES string of the molecule is COC1C=Cc2c(C3CCCCC3)cccc21. The second-order valence-corrected chi connectivity index (χ2v) is 5.20. The van der Waals surface area contributed by atoms with Crippen molar-refractivity contribution in [2.24, 2.45) is 0 Å². The first-order valence-corrected chi connectivity index (χ1v) is 6.74. The molecule has 0 heterocycles. The zero-order valence-corrected chi connectivity index (χ0v) is 10.5. The fraction of sp³-hybridized carbons (Fsp3) is 0.500. The van der Waals surface area contributed by atoms with E-state index in [1.807, 2.05) is 0 Å². The molecule has 1 unspecified atom stereocenters. The highest BCUT2D eigenvalue weighted by Gasteiger charge is 2.23. The summed E-state index contributed by atoms with van der Waals surface area (Å²) in [5.41, 5.74) is 4.35. The summed E-state index contributed by atoms with van der Waals surface area (Å²) >= 11 is 0. The predicted octanol–water partition coefficient (Wildman–Crippen LogP) is 4.45. The van der Waals surface area contributed by atoms with Gasteiger partial charge in [-0.15, -0.1) is 0 Å². The van der Waals surface area contributed by atoms with Crippen LogP contribution in [0.1, 0.15) is 60.8 Å². The van der Waals surface area contributed by atoms with Crippen LogP contribution in [-0.2, 0) is 4.74 Å². The van der Waals surface area contributed by atoms with E-state index in [0.29, 0.717) is 0 Å². The van der Waals surface area contributed by atoms with E-state index in [-0.39, 0.29) is 6.10 Å². The maximum absolute atomic E-state index is 5.49. The summed E-state index contributed by atoms with van der Waals surface area (Å²) in [5, 5.41) is 0. The fourth-order valence-electron chi connectivity index (χ4n) is 3.30. The zero-order valence-electron chi connectivity index (χ0n) is 10.5. The molecule has 1 nitrogen and oxygen atoms in total. The van der Waals surface area contributed by atoms with Crippen molar-refractivity contribution in [1.82, 2.24) is 0 Å². The van der Waals surface area contributed by atoms with E-state index in [1.165, 1.54) is 43.2 Å². The van der Waals surface area contributed by atoms with E-state index in [1.54, 1.807) is 12.7 Å². The highest BCUT2D eigenvalue weighted by Crippen LogP contribution is 2.40. The first kappa shape index (κ1) is 11.0. The number of rotatable bonds is 2. The molecule has 1 atom stereocenters. The van der Waals surface area contributed by atoms with Crippen LogP contribution >= 0.6 is 0 Å². The molecule has 90 valence electrons. The van der Waals surface area contributed by atoms with Crippen LogP contribution in [0.4, 0.5) is 0 Å². The summed E-state index contributed by atoms with van der Waals surface area (Å²) in [5.74, 6) is 0.777. The number of hydrogen-bond donors (Lipinski definition) is 0. The molecule has 1 aromatic rings. The number of fused-ring (bicyclic) bond motifs is 1. The molecule has 0 aromatic heterocycles. The van der Waals surface area contributed by atoms with Crippen LogP contribution in [0.5, 0.6) is 0 Å². The van der Waals surface area contributed by atoms with E-state index in [4.69, 9.17) is 4.74 Å². The van der Waals surface area contributed by atoms with Crippen molar-refractivity contribution in [3.63, 3.8) is 0 Å².